The number of halogens is 1. The van der Waals surface area contributed by atoms with Gasteiger partial charge in [0.05, 0.1) is 6.54 Å². The average Bonchev–Trinajstić information content (AvgIpc) is 2.49. The number of nitrogens with zero attached hydrogens (tertiary/aromatic N) is 2. The largest absolute Gasteiger partial charge is 0.492 e. The van der Waals surface area contributed by atoms with E-state index in [1.165, 1.54) is 5.56 Å². The minimum Gasteiger partial charge on any atom is -0.492 e. The summed E-state index contributed by atoms with van der Waals surface area (Å²) in [7, 11) is 3.83. The quantitative estimate of drug-likeness (QED) is 0.404. The van der Waals surface area contributed by atoms with E-state index < -0.39 is 0 Å². The molecule has 0 amide bonds. The van der Waals surface area contributed by atoms with Crippen molar-refractivity contribution in [2.45, 2.75) is 19.1 Å². The van der Waals surface area contributed by atoms with Crippen LogP contribution in [0, 0.1) is 6.92 Å². The fourth-order valence-corrected chi connectivity index (χ4v) is 1.99. The number of hydrogen-bond acceptors (Lipinski definition) is 3. The Balaban J connectivity index is 0.00000441. The fourth-order valence-electron chi connectivity index (χ4n) is 1.74. The Hall–Kier alpha value is -0.630. The maximum absolute atomic E-state index is 5.74. The molecule has 0 aliphatic heterocycles. The molecule has 4 nitrogen and oxygen atoms in total. The van der Waals surface area contributed by atoms with Gasteiger partial charge >= 0.3 is 0 Å². The van der Waals surface area contributed by atoms with Gasteiger partial charge in [0.1, 0.15) is 12.4 Å². The third-order valence-corrected chi connectivity index (χ3v) is 4.21. The van der Waals surface area contributed by atoms with E-state index in [0.29, 0.717) is 11.9 Å². The molecule has 0 bridgehead atoms. The molecular weight excluding hydrogens is 409 g/mol. The number of nitrogens with one attached hydrogen (secondary N) is 1. The first kappa shape index (κ1) is 21.4. The minimum atomic E-state index is 0. The molecule has 0 aliphatic carbocycles. The van der Waals surface area contributed by atoms with Crippen molar-refractivity contribution < 1.29 is 4.74 Å². The highest BCUT2D eigenvalue weighted by molar-refractivity contribution is 14.0. The predicted octanol–water partition coefficient (Wildman–Crippen LogP) is 3.25. The van der Waals surface area contributed by atoms with Gasteiger partial charge in [-0.25, -0.2) is 0 Å². The van der Waals surface area contributed by atoms with E-state index in [0.717, 1.165) is 24.8 Å². The molecule has 126 valence electrons. The Kier molecular flexibility index (Phi) is 11.5. The van der Waals surface area contributed by atoms with Crippen molar-refractivity contribution in [3.63, 3.8) is 0 Å². The Labute approximate surface area is 156 Å². The van der Waals surface area contributed by atoms with E-state index in [2.05, 4.69) is 47.4 Å². The zero-order chi connectivity index (χ0) is 15.7. The fraction of sp³-hybridized carbons (Fsp3) is 0.562. The van der Waals surface area contributed by atoms with Crippen LogP contribution in [0.25, 0.3) is 0 Å². The minimum absolute atomic E-state index is 0. The summed E-state index contributed by atoms with van der Waals surface area (Å²) < 4.78 is 5.74. The Bertz CT molecular complexity index is 440. The van der Waals surface area contributed by atoms with Gasteiger partial charge in [0, 0.05) is 25.9 Å². The monoisotopic (exact) mass is 437 g/mol. The molecule has 22 heavy (non-hydrogen) atoms. The molecule has 0 saturated carbocycles. The number of benzene rings is 1. The number of aliphatic imine (C=N–C) groups is 1. The summed E-state index contributed by atoms with van der Waals surface area (Å²) in [5.74, 6) is 1.82. The number of thioether (sulfide) groups is 1. The number of guanidine groups is 1. The number of ether oxygens (including phenoxy) is 1. The van der Waals surface area contributed by atoms with Crippen LogP contribution in [0.1, 0.15) is 12.5 Å². The van der Waals surface area contributed by atoms with Crippen molar-refractivity contribution >= 4 is 41.7 Å². The van der Waals surface area contributed by atoms with Crippen molar-refractivity contribution in [3.05, 3.63) is 29.8 Å². The molecule has 1 unspecified atom stereocenters. The Morgan fingerprint density at radius 2 is 2.00 bits per heavy atom. The van der Waals surface area contributed by atoms with Gasteiger partial charge in [0.15, 0.2) is 5.96 Å². The molecule has 0 radical (unpaired) electrons. The van der Waals surface area contributed by atoms with E-state index in [4.69, 9.17) is 4.74 Å². The number of likely N-dealkylation sites (N-methyl/N-ethyl adjacent to an activating group) is 1. The number of hydrogen-bond donors (Lipinski definition) is 1. The highest BCUT2D eigenvalue weighted by atomic mass is 127. The van der Waals surface area contributed by atoms with Crippen LogP contribution in [-0.2, 0) is 0 Å². The lowest BCUT2D eigenvalue weighted by Gasteiger charge is -2.23. The molecular formula is C16H28IN3OS. The van der Waals surface area contributed by atoms with Gasteiger partial charge in [-0.05, 0) is 25.3 Å². The summed E-state index contributed by atoms with van der Waals surface area (Å²) in [6, 6.07) is 8.12. The van der Waals surface area contributed by atoms with Crippen molar-refractivity contribution in [2.75, 3.05) is 40.0 Å². The first-order valence-corrected chi connectivity index (χ1v) is 8.49. The zero-order valence-electron chi connectivity index (χ0n) is 14.1. The predicted molar refractivity (Wildman–Crippen MR) is 109 cm³/mol. The van der Waals surface area contributed by atoms with Crippen molar-refractivity contribution in [2.24, 2.45) is 4.99 Å². The Morgan fingerprint density at radius 1 is 1.36 bits per heavy atom. The molecule has 0 saturated heterocycles. The highest BCUT2D eigenvalue weighted by Gasteiger charge is 2.07. The molecule has 0 aliphatic rings. The van der Waals surface area contributed by atoms with Crippen molar-refractivity contribution in [1.29, 1.82) is 0 Å². The highest BCUT2D eigenvalue weighted by Crippen LogP contribution is 2.11. The molecule has 1 atom stereocenters. The van der Waals surface area contributed by atoms with Gasteiger partial charge in [-0.3, -0.25) is 4.99 Å². The first-order chi connectivity index (χ1) is 10.1. The lowest BCUT2D eigenvalue weighted by atomic mass is 10.2. The second-order valence-corrected chi connectivity index (χ2v) is 6.33. The van der Waals surface area contributed by atoms with Crippen molar-refractivity contribution in [1.82, 2.24) is 10.2 Å². The zero-order valence-corrected chi connectivity index (χ0v) is 17.3. The smallest absolute Gasteiger partial charge is 0.193 e. The van der Waals surface area contributed by atoms with E-state index >= 15 is 0 Å². The molecule has 1 aromatic carbocycles. The summed E-state index contributed by atoms with van der Waals surface area (Å²) in [5.41, 5.74) is 1.24. The molecule has 0 aromatic heterocycles. The van der Waals surface area contributed by atoms with E-state index in [1.54, 1.807) is 0 Å². The van der Waals surface area contributed by atoms with Gasteiger partial charge in [0.2, 0.25) is 0 Å². The van der Waals surface area contributed by atoms with E-state index in [9.17, 15) is 0 Å². The number of aryl methyl sites for hydroxylation is 1. The van der Waals surface area contributed by atoms with Crippen LogP contribution in [0.4, 0.5) is 0 Å². The topological polar surface area (TPSA) is 36.9 Å². The third kappa shape index (κ3) is 8.12. The van der Waals surface area contributed by atoms with Crippen LogP contribution in [-0.4, -0.2) is 56.2 Å². The van der Waals surface area contributed by atoms with Gasteiger partial charge < -0.3 is 15.0 Å². The number of rotatable bonds is 7. The van der Waals surface area contributed by atoms with Crippen LogP contribution >= 0.6 is 35.7 Å². The second kappa shape index (κ2) is 11.9. The van der Waals surface area contributed by atoms with Crippen LogP contribution < -0.4 is 10.1 Å². The van der Waals surface area contributed by atoms with Crippen LogP contribution in [0.3, 0.4) is 0 Å². The lowest BCUT2D eigenvalue weighted by molar-refractivity contribution is 0.281. The summed E-state index contributed by atoms with van der Waals surface area (Å²) in [4.78, 5) is 6.38. The third-order valence-electron chi connectivity index (χ3n) is 3.24. The van der Waals surface area contributed by atoms with Crippen molar-refractivity contribution in [3.8, 4) is 5.75 Å². The Morgan fingerprint density at radius 3 is 2.55 bits per heavy atom. The first-order valence-electron chi connectivity index (χ1n) is 7.21. The molecule has 0 spiro atoms. The van der Waals surface area contributed by atoms with Crippen LogP contribution in [0.5, 0.6) is 5.75 Å². The molecule has 6 heteroatoms. The molecule has 1 rings (SSSR count). The van der Waals surface area contributed by atoms with E-state index in [1.807, 2.05) is 38.0 Å². The lowest BCUT2D eigenvalue weighted by Crippen LogP contribution is -2.42. The molecule has 1 aromatic rings. The second-order valence-electron chi connectivity index (χ2n) is 5.06. The standard InChI is InChI=1S/C16H27N3OS.HI/c1-13-6-8-15(9-7-13)20-11-10-19(4)16(17-3)18-12-14(2)21-5;/h6-9,14H,10-12H2,1-5H3,(H,17,18);1H. The molecule has 0 fully saturated rings. The van der Waals surface area contributed by atoms with E-state index in [-0.39, 0.29) is 24.0 Å². The van der Waals surface area contributed by atoms with Crippen LogP contribution in [0.15, 0.2) is 29.3 Å². The SMILES string of the molecule is CN=C(NCC(C)SC)N(C)CCOc1ccc(C)cc1.I. The maximum atomic E-state index is 5.74. The molecule has 1 N–H and O–H groups in total. The van der Waals surface area contributed by atoms with Gasteiger partial charge in [-0.1, -0.05) is 24.6 Å². The van der Waals surface area contributed by atoms with Crippen LogP contribution in [0.2, 0.25) is 0 Å². The summed E-state index contributed by atoms with van der Waals surface area (Å²) in [6.45, 7) is 6.62. The molecule has 0 heterocycles. The summed E-state index contributed by atoms with van der Waals surface area (Å²) in [5, 5.41) is 3.94. The van der Waals surface area contributed by atoms with Gasteiger partial charge in [0.25, 0.3) is 0 Å². The summed E-state index contributed by atoms with van der Waals surface area (Å²) >= 11 is 1.84. The maximum Gasteiger partial charge on any atom is 0.193 e. The van der Waals surface area contributed by atoms with Gasteiger partial charge in [-0.15, -0.1) is 24.0 Å². The average molecular weight is 437 g/mol. The van der Waals surface area contributed by atoms with Gasteiger partial charge in [-0.2, -0.15) is 11.8 Å². The summed E-state index contributed by atoms with van der Waals surface area (Å²) in [6.07, 6.45) is 2.12. The normalized spacial score (nSPS) is 12.3.